The van der Waals surface area contributed by atoms with Gasteiger partial charge in [0.15, 0.2) is 0 Å². The average Bonchev–Trinajstić information content (AvgIpc) is 2.95. The van der Waals surface area contributed by atoms with Crippen molar-refractivity contribution in [3.63, 3.8) is 0 Å². The molecule has 1 heterocycles. The molecule has 3 unspecified atom stereocenters. The molecule has 0 aromatic heterocycles. The Hall–Kier alpha value is -0.770. The molecule has 2 fully saturated rings. The second-order valence-corrected chi connectivity index (χ2v) is 5.90. The molecule has 1 aromatic rings. The van der Waals surface area contributed by atoms with Gasteiger partial charge in [-0.25, -0.2) is 0 Å². The molecular formula is C16H25ClN2O. The van der Waals surface area contributed by atoms with Gasteiger partial charge in [-0.15, -0.1) is 12.4 Å². The normalized spacial score (nSPS) is 29.0. The summed E-state index contributed by atoms with van der Waals surface area (Å²) in [5, 5.41) is 0. The number of halogens is 1. The van der Waals surface area contributed by atoms with Crippen LogP contribution in [0.4, 0.5) is 0 Å². The maximum absolute atomic E-state index is 6.20. The molecule has 2 N–H and O–H groups in total. The summed E-state index contributed by atoms with van der Waals surface area (Å²) in [7, 11) is 0. The van der Waals surface area contributed by atoms with E-state index in [0.717, 1.165) is 37.3 Å². The van der Waals surface area contributed by atoms with Gasteiger partial charge in [0, 0.05) is 31.2 Å². The lowest BCUT2D eigenvalue weighted by Crippen LogP contribution is -2.30. The van der Waals surface area contributed by atoms with Gasteiger partial charge in [-0.1, -0.05) is 18.2 Å². The van der Waals surface area contributed by atoms with Gasteiger partial charge in [0.25, 0.3) is 0 Å². The molecule has 112 valence electrons. The van der Waals surface area contributed by atoms with Gasteiger partial charge in [-0.3, -0.25) is 4.90 Å². The molecule has 3 atom stereocenters. The summed E-state index contributed by atoms with van der Waals surface area (Å²) in [5.41, 5.74) is 7.51. The second-order valence-electron chi connectivity index (χ2n) is 5.90. The largest absolute Gasteiger partial charge is 0.494 e. The minimum atomic E-state index is 0. The van der Waals surface area contributed by atoms with Crippen LogP contribution in [0.5, 0.6) is 5.75 Å². The van der Waals surface area contributed by atoms with Gasteiger partial charge in [-0.2, -0.15) is 0 Å². The Morgan fingerprint density at radius 1 is 1.25 bits per heavy atom. The van der Waals surface area contributed by atoms with Gasteiger partial charge in [0.1, 0.15) is 5.75 Å². The van der Waals surface area contributed by atoms with E-state index in [1.807, 2.05) is 13.0 Å². The van der Waals surface area contributed by atoms with Crippen molar-refractivity contribution in [2.75, 3.05) is 19.7 Å². The fourth-order valence-corrected chi connectivity index (χ4v) is 3.70. The molecule has 3 rings (SSSR count). The Balaban J connectivity index is 0.00000147. The molecule has 20 heavy (non-hydrogen) atoms. The standard InChI is InChI=1S/C16H24N2O.ClH/c1-2-19-16-6-4-3-5-13(16)10-18-9-12-7-8-15(17)14(12)11-18;/h3-6,12,14-15H,2,7-11,17H2,1H3;1H. The third-order valence-electron chi connectivity index (χ3n) is 4.65. The van der Waals surface area contributed by atoms with Crippen molar-refractivity contribution < 1.29 is 4.74 Å². The van der Waals surface area contributed by atoms with E-state index in [1.165, 1.54) is 24.9 Å². The summed E-state index contributed by atoms with van der Waals surface area (Å²) in [6, 6.07) is 8.82. The fourth-order valence-electron chi connectivity index (χ4n) is 3.70. The van der Waals surface area contributed by atoms with E-state index in [0.29, 0.717) is 6.04 Å². The smallest absolute Gasteiger partial charge is 0.123 e. The minimum Gasteiger partial charge on any atom is -0.494 e. The summed E-state index contributed by atoms with van der Waals surface area (Å²) >= 11 is 0. The third-order valence-corrected chi connectivity index (χ3v) is 4.65. The zero-order valence-electron chi connectivity index (χ0n) is 12.1. The van der Waals surface area contributed by atoms with Crippen LogP contribution in [0, 0.1) is 11.8 Å². The van der Waals surface area contributed by atoms with Gasteiger partial charge >= 0.3 is 0 Å². The number of hydrogen-bond acceptors (Lipinski definition) is 3. The van der Waals surface area contributed by atoms with Crippen LogP contribution in [0.15, 0.2) is 24.3 Å². The summed E-state index contributed by atoms with van der Waals surface area (Å²) in [4.78, 5) is 2.55. The highest BCUT2D eigenvalue weighted by Crippen LogP contribution is 2.38. The molecule has 1 aliphatic heterocycles. The van der Waals surface area contributed by atoms with Gasteiger partial charge in [0.2, 0.25) is 0 Å². The highest BCUT2D eigenvalue weighted by molar-refractivity contribution is 5.85. The van der Waals surface area contributed by atoms with Crippen molar-refractivity contribution in [3.05, 3.63) is 29.8 Å². The number of rotatable bonds is 4. The number of para-hydroxylation sites is 1. The van der Waals surface area contributed by atoms with E-state index < -0.39 is 0 Å². The molecule has 4 heteroatoms. The van der Waals surface area contributed by atoms with Crippen molar-refractivity contribution in [2.24, 2.45) is 17.6 Å². The van der Waals surface area contributed by atoms with Crippen LogP contribution in [0.2, 0.25) is 0 Å². The fraction of sp³-hybridized carbons (Fsp3) is 0.625. The van der Waals surface area contributed by atoms with Crippen LogP contribution in [0.3, 0.4) is 0 Å². The van der Waals surface area contributed by atoms with E-state index in [4.69, 9.17) is 10.5 Å². The lowest BCUT2D eigenvalue weighted by atomic mass is 9.98. The molecule has 2 aliphatic rings. The van der Waals surface area contributed by atoms with Crippen molar-refractivity contribution >= 4 is 12.4 Å². The number of nitrogens with zero attached hydrogens (tertiary/aromatic N) is 1. The predicted molar refractivity (Wildman–Crippen MR) is 84.3 cm³/mol. The molecule has 1 saturated heterocycles. The van der Waals surface area contributed by atoms with Crippen LogP contribution in [-0.4, -0.2) is 30.6 Å². The Morgan fingerprint density at radius 3 is 2.80 bits per heavy atom. The summed E-state index contributed by atoms with van der Waals surface area (Å²) in [6.45, 7) is 6.13. The summed E-state index contributed by atoms with van der Waals surface area (Å²) in [5.74, 6) is 2.58. The van der Waals surface area contributed by atoms with Crippen molar-refractivity contribution in [2.45, 2.75) is 32.4 Å². The first kappa shape index (κ1) is 15.6. The van der Waals surface area contributed by atoms with Crippen LogP contribution in [0.1, 0.15) is 25.3 Å². The molecule has 0 amide bonds. The van der Waals surface area contributed by atoms with Gasteiger partial charge < -0.3 is 10.5 Å². The number of likely N-dealkylation sites (tertiary alicyclic amines) is 1. The maximum Gasteiger partial charge on any atom is 0.123 e. The Morgan fingerprint density at radius 2 is 2.05 bits per heavy atom. The first-order valence-corrected chi connectivity index (χ1v) is 7.46. The van der Waals surface area contributed by atoms with E-state index >= 15 is 0 Å². The third kappa shape index (κ3) is 3.11. The van der Waals surface area contributed by atoms with E-state index in [1.54, 1.807) is 0 Å². The minimum absolute atomic E-state index is 0. The maximum atomic E-state index is 6.20. The van der Waals surface area contributed by atoms with Gasteiger partial charge in [-0.05, 0) is 37.7 Å². The lowest BCUT2D eigenvalue weighted by molar-refractivity contribution is 0.284. The summed E-state index contributed by atoms with van der Waals surface area (Å²) < 4.78 is 5.71. The van der Waals surface area contributed by atoms with Gasteiger partial charge in [0.05, 0.1) is 6.61 Å². The number of ether oxygens (including phenoxy) is 1. The molecule has 3 nitrogen and oxygen atoms in total. The molecule has 1 aliphatic carbocycles. The lowest BCUT2D eigenvalue weighted by Gasteiger charge is -2.20. The quantitative estimate of drug-likeness (QED) is 0.928. The topological polar surface area (TPSA) is 38.5 Å². The molecule has 0 spiro atoms. The number of benzene rings is 1. The van der Waals surface area contributed by atoms with E-state index in [-0.39, 0.29) is 12.4 Å². The molecular weight excluding hydrogens is 272 g/mol. The highest BCUT2D eigenvalue weighted by Gasteiger charge is 2.40. The SMILES string of the molecule is CCOc1ccccc1CN1CC2CCC(N)C2C1.Cl. The number of hydrogen-bond donors (Lipinski definition) is 1. The zero-order valence-corrected chi connectivity index (χ0v) is 12.9. The van der Waals surface area contributed by atoms with Crippen molar-refractivity contribution in [1.29, 1.82) is 0 Å². The summed E-state index contributed by atoms with van der Waals surface area (Å²) in [6.07, 6.45) is 2.54. The predicted octanol–water partition coefficient (Wildman–Crippen LogP) is 2.68. The van der Waals surface area contributed by atoms with Crippen LogP contribution >= 0.6 is 12.4 Å². The van der Waals surface area contributed by atoms with Crippen molar-refractivity contribution in [3.8, 4) is 5.75 Å². The molecule has 1 aromatic carbocycles. The number of fused-ring (bicyclic) bond motifs is 1. The zero-order chi connectivity index (χ0) is 13.2. The van der Waals surface area contributed by atoms with Crippen molar-refractivity contribution in [1.82, 2.24) is 4.90 Å². The van der Waals surface area contributed by atoms with E-state index in [2.05, 4.69) is 23.1 Å². The Kier molecular flexibility index (Phi) is 5.30. The molecule has 1 saturated carbocycles. The molecule has 0 bridgehead atoms. The highest BCUT2D eigenvalue weighted by atomic mass is 35.5. The second kappa shape index (κ2) is 6.79. The number of nitrogens with two attached hydrogens (primary N) is 1. The Bertz CT molecular complexity index is 440. The first-order valence-electron chi connectivity index (χ1n) is 7.46. The Labute approximate surface area is 127 Å². The van der Waals surface area contributed by atoms with E-state index in [9.17, 15) is 0 Å². The van der Waals surface area contributed by atoms with Crippen LogP contribution in [0.25, 0.3) is 0 Å². The monoisotopic (exact) mass is 296 g/mol. The molecule has 0 radical (unpaired) electrons. The van der Waals surface area contributed by atoms with Crippen LogP contribution in [-0.2, 0) is 6.54 Å². The van der Waals surface area contributed by atoms with Crippen LogP contribution < -0.4 is 10.5 Å². The average molecular weight is 297 g/mol. The first-order chi connectivity index (χ1) is 9.28.